The molecule has 0 bridgehead atoms. The lowest BCUT2D eigenvalue weighted by atomic mass is 10.2. The predicted molar refractivity (Wildman–Crippen MR) is 83.3 cm³/mol. The van der Waals surface area contributed by atoms with Crippen LogP contribution in [0.5, 0.6) is 5.75 Å². The molecule has 0 atom stereocenters. The van der Waals surface area contributed by atoms with E-state index in [0.717, 1.165) is 6.26 Å². The van der Waals surface area contributed by atoms with Crippen molar-refractivity contribution in [1.82, 2.24) is 10.2 Å². The van der Waals surface area contributed by atoms with Crippen LogP contribution in [0.25, 0.3) is 0 Å². The van der Waals surface area contributed by atoms with Crippen molar-refractivity contribution >= 4 is 16.1 Å². The summed E-state index contributed by atoms with van der Waals surface area (Å²) < 4.78 is 32.6. The van der Waals surface area contributed by atoms with Gasteiger partial charge < -0.3 is 19.1 Å². The van der Waals surface area contributed by atoms with Crippen molar-refractivity contribution in [3.8, 4) is 5.75 Å². The van der Waals surface area contributed by atoms with Crippen LogP contribution >= 0.6 is 0 Å². The highest BCUT2D eigenvalue weighted by Gasteiger charge is 2.16. The van der Waals surface area contributed by atoms with E-state index in [1.54, 1.807) is 31.4 Å². The number of urea groups is 1. The molecule has 1 rings (SSSR count). The largest absolute Gasteiger partial charge is 0.383 e. The highest BCUT2D eigenvalue weighted by atomic mass is 32.2. The van der Waals surface area contributed by atoms with E-state index < -0.39 is 10.1 Å². The third kappa shape index (κ3) is 6.31. The van der Waals surface area contributed by atoms with Crippen LogP contribution in [0.1, 0.15) is 12.5 Å². The van der Waals surface area contributed by atoms with Crippen LogP contribution in [0.15, 0.2) is 24.3 Å². The van der Waals surface area contributed by atoms with Crippen LogP contribution in [-0.4, -0.2) is 52.4 Å². The molecule has 0 radical (unpaired) electrons. The summed E-state index contributed by atoms with van der Waals surface area (Å²) in [6.45, 7) is 3.32. The third-order valence-corrected chi connectivity index (χ3v) is 3.24. The topological polar surface area (TPSA) is 84.9 Å². The molecule has 0 aromatic heterocycles. The average Bonchev–Trinajstić information content (AvgIpc) is 2.43. The highest BCUT2D eigenvalue weighted by molar-refractivity contribution is 7.86. The van der Waals surface area contributed by atoms with Crippen LogP contribution in [-0.2, 0) is 21.4 Å². The van der Waals surface area contributed by atoms with Gasteiger partial charge in [-0.1, -0.05) is 18.2 Å². The van der Waals surface area contributed by atoms with Gasteiger partial charge in [-0.3, -0.25) is 0 Å². The van der Waals surface area contributed by atoms with Gasteiger partial charge in [0.1, 0.15) is 5.75 Å². The van der Waals surface area contributed by atoms with E-state index >= 15 is 0 Å². The van der Waals surface area contributed by atoms with Gasteiger partial charge in [0.25, 0.3) is 0 Å². The third-order valence-electron chi connectivity index (χ3n) is 2.76. The Bertz CT molecular complexity index is 589. The maximum atomic E-state index is 12.1. The lowest BCUT2D eigenvalue weighted by molar-refractivity contribution is 0.146. The molecule has 0 saturated carbocycles. The number of rotatable bonds is 8. The standard InChI is InChI=1S/C14H22N2O5S/c1-4-15-14(17)16(9-10-20-2)11-12-7-5-6-8-13(12)21-22(3,18)19/h5-8H,4,9-11H2,1-3H3,(H,15,17). The molecule has 0 saturated heterocycles. The van der Waals surface area contributed by atoms with Gasteiger partial charge in [0, 0.05) is 25.8 Å². The van der Waals surface area contributed by atoms with Crippen LogP contribution in [0.4, 0.5) is 4.79 Å². The minimum Gasteiger partial charge on any atom is -0.383 e. The summed E-state index contributed by atoms with van der Waals surface area (Å²) >= 11 is 0. The first-order chi connectivity index (χ1) is 10.4. The Morgan fingerprint density at radius 2 is 2.00 bits per heavy atom. The highest BCUT2D eigenvalue weighted by Crippen LogP contribution is 2.21. The Morgan fingerprint density at radius 1 is 1.32 bits per heavy atom. The van der Waals surface area contributed by atoms with Crippen molar-refractivity contribution in [2.45, 2.75) is 13.5 Å². The van der Waals surface area contributed by atoms with Crippen LogP contribution in [0, 0.1) is 0 Å². The quantitative estimate of drug-likeness (QED) is 0.724. The normalized spacial score (nSPS) is 11.0. The second-order valence-electron chi connectivity index (χ2n) is 4.65. The number of hydrogen-bond acceptors (Lipinski definition) is 5. The lowest BCUT2D eigenvalue weighted by Crippen LogP contribution is -2.41. The zero-order valence-electron chi connectivity index (χ0n) is 13.0. The second-order valence-corrected chi connectivity index (χ2v) is 6.22. The first-order valence-electron chi connectivity index (χ1n) is 6.86. The first kappa shape index (κ1) is 18.2. The van der Waals surface area contributed by atoms with Crippen molar-refractivity contribution in [3.05, 3.63) is 29.8 Å². The van der Waals surface area contributed by atoms with Crippen molar-refractivity contribution in [2.75, 3.05) is 33.1 Å². The molecule has 0 heterocycles. The van der Waals surface area contributed by atoms with Crippen LogP contribution < -0.4 is 9.50 Å². The molecule has 0 aliphatic rings. The van der Waals surface area contributed by atoms with Crippen molar-refractivity contribution in [3.63, 3.8) is 0 Å². The fourth-order valence-corrected chi connectivity index (χ4v) is 2.29. The molecule has 8 heteroatoms. The van der Waals surface area contributed by atoms with Gasteiger partial charge >= 0.3 is 16.1 Å². The predicted octanol–water partition coefficient (Wildman–Crippen LogP) is 1.20. The number of amides is 2. The Kier molecular flexibility index (Phi) is 7.13. The molecular formula is C14H22N2O5S. The summed E-state index contributed by atoms with van der Waals surface area (Å²) in [6.07, 6.45) is 0.982. The number of nitrogens with one attached hydrogen (secondary N) is 1. The monoisotopic (exact) mass is 330 g/mol. The van der Waals surface area contributed by atoms with Crippen LogP contribution in [0.3, 0.4) is 0 Å². The van der Waals surface area contributed by atoms with Gasteiger partial charge in [-0.15, -0.1) is 0 Å². The molecule has 1 aromatic rings. The van der Waals surface area contributed by atoms with Gasteiger partial charge in [-0.25, -0.2) is 4.79 Å². The molecule has 124 valence electrons. The molecule has 22 heavy (non-hydrogen) atoms. The Hall–Kier alpha value is -1.80. The molecule has 1 aromatic carbocycles. The lowest BCUT2D eigenvalue weighted by Gasteiger charge is -2.23. The van der Waals surface area contributed by atoms with Crippen molar-refractivity contribution < 1.29 is 22.1 Å². The van der Waals surface area contributed by atoms with Gasteiger partial charge in [0.2, 0.25) is 0 Å². The maximum absolute atomic E-state index is 12.1. The summed E-state index contributed by atoms with van der Waals surface area (Å²) in [5.41, 5.74) is 0.607. The number of ether oxygens (including phenoxy) is 1. The number of benzene rings is 1. The van der Waals surface area contributed by atoms with E-state index in [2.05, 4.69) is 5.32 Å². The van der Waals surface area contributed by atoms with E-state index in [9.17, 15) is 13.2 Å². The number of carbonyl (C=O) groups is 1. The molecule has 0 unspecified atom stereocenters. The summed E-state index contributed by atoms with van der Waals surface area (Å²) in [7, 11) is -2.07. The fraction of sp³-hybridized carbons (Fsp3) is 0.500. The molecule has 0 spiro atoms. The van der Waals surface area contributed by atoms with Gasteiger partial charge in [-0.2, -0.15) is 8.42 Å². The summed E-state index contributed by atoms with van der Waals surface area (Å²) in [6, 6.07) is 6.47. The van der Waals surface area contributed by atoms with Gasteiger partial charge in [0.15, 0.2) is 0 Å². The van der Waals surface area contributed by atoms with Crippen molar-refractivity contribution in [1.29, 1.82) is 0 Å². The SMILES string of the molecule is CCNC(=O)N(CCOC)Cc1ccccc1OS(C)(=O)=O. The molecule has 0 aliphatic heterocycles. The Balaban J connectivity index is 2.94. The molecule has 0 aliphatic carbocycles. The first-order valence-corrected chi connectivity index (χ1v) is 8.68. The number of methoxy groups -OCH3 is 1. The molecule has 0 fully saturated rings. The minimum absolute atomic E-state index is 0.219. The number of para-hydroxylation sites is 1. The summed E-state index contributed by atoms with van der Waals surface area (Å²) in [5.74, 6) is 0.219. The number of hydrogen-bond donors (Lipinski definition) is 1. The van der Waals surface area contributed by atoms with E-state index in [1.165, 1.54) is 4.90 Å². The fourth-order valence-electron chi connectivity index (χ4n) is 1.80. The van der Waals surface area contributed by atoms with Crippen molar-refractivity contribution in [2.24, 2.45) is 0 Å². The van der Waals surface area contributed by atoms with E-state index in [1.807, 2.05) is 6.92 Å². The number of nitrogens with zero attached hydrogens (tertiary/aromatic N) is 1. The van der Waals surface area contributed by atoms with Crippen LogP contribution in [0.2, 0.25) is 0 Å². The minimum atomic E-state index is -3.63. The number of carbonyl (C=O) groups excluding carboxylic acids is 1. The maximum Gasteiger partial charge on any atom is 0.317 e. The van der Waals surface area contributed by atoms with Gasteiger partial charge in [-0.05, 0) is 13.0 Å². The Morgan fingerprint density at radius 3 is 2.59 bits per heavy atom. The molecule has 1 N–H and O–H groups in total. The summed E-state index contributed by atoms with van der Waals surface area (Å²) in [5, 5.41) is 2.71. The van der Waals surface area contributed by atoms with E-state index in [-0.39, 0.29) is 18.3 Å². The Labute approximate surface area is 131 Å². The summed E-state index contributed by atoms with van der Waals surface area (Å²) in [4.78, 5) is 13.6. The molecule has 2 amide bonds. The van der Waals surface area contributed by atoms with E-state index in [0.29, 0.717) is 25.3 Å². The van der Waals surface area contributed by atoms with Gasteiger partial charge in [0.05, 0.1) is 19.4 Å². The molecule has 7 nitrogen and oxygen atoms in total. The zero-order chi connectivity index (χ0) is 16.6. The average molecular weight is 330 g/mol. The second kappa shape index (κ2) is 8.60. The zero-order valence-corrected chi connectivity index (χ0v) is 13.9. The smallest absolute Gasteiger partial charge is 0.317 e. The molecular weight excluding hydrogens is 308 g/mol. The van der Waals surface area contributed by atoms with E-state index in [4.69, 9.17) is 8.92 Å².